The molecular formula is C21H20FN3S. The molecule has 5 heteroatoms. The Morgan fingerprint density at radius 1 is 1.23 bits per heavy atom. The Morgan fingerprint density at radius 3 is 2.85 bits per heavy atom. The van der Waals surface area contributed by atoms with Crippen molar-refractivity contribution in [2.75, 3.05) is 18.4 Å². The fourth-order valence-corrected chi connectivity index (χ4v) is 3.59. The maximum atomic E-state index is 13.7. The Bertz CT molecular complexity index is 1010. The monoisotopic (exact) mass is 365 g/mol. The van der Waals surface area contributed by atoms with Gasteiger partial charge in [0.2, 0.25) is 0 Å². The van der Waals surface area contributed by atoms with Crippen LogP contribution < -0.4 is 5.32 Å². The maximum Gasteiger partial charge on any atom is 0.173 e. The van der Waals surface area contributed by atoms with Crippen LogP contribution in [0.3, 0.4) is 0 Å². The summed E-state index contributed by atoms with van der Waals surface area (Å²) < 4.78 is 13.7. The molecule has 2 heterocycles. The predicted molar refractivity (Wildman–Crippen MR) is 110 cm³/mol. The fourth-order valence-electron chi connectivity index (χ4n) is 3.31. The lowest BCUT2D eigenvalue weighted by molar-refractivity contribution is 0.466. The van der Waals surface area contributed by atoms with Gasteiger partial charge in [-0.1, -0.05) is 30.3 Å². The van der Waals surface area contributed by atoms with E-state index in [1.807, 2.05) is 12.1 Å². The number of halogens is 1. The first-order valence-corrected chi connectivity index (χ1v) is 9.10. The number of hydrogen-bond acceptors (Lipinski definition) is 1. The SMILES string of the molecule is Cc1ccc(NC(=S)N2CC=C(c3c[nH]c4ccccc34)CC2)cc1F. The zero-order valence-corrected chi connectivity index (χ0v) is 15.4. The van der Waals surface area contributed by atoms with Crippen molar-refractivity contribution in [2.24, 2.45) is 0 Å². The van der Waals surface area contributed by atoms with Crippen molar-refractivity contribution >= 4 is 39.5 Å². The summed E-state index contributed by atoms with van der Waals surface area (Å²) in [6, 6.07) is 13.4. The molecule has 132 valence electrons. The highest BCUT2D eigenvalue weighted by molar-refractivity contribution is 7.80. The number of para-hydroxylation sites is 1. The van der Waals surface area contributed by atoms with Gasteiger partial charge in [-0.25, -0.2) is 4.39 Å². The first kappa shape index (κ1) is 16.8. The molecular weight excluding hydrogens is 345 g/mol. The van der Waals surface area contributed by atoms with Crippen molar-refractivity contribution in [3.63, 3.8) is 0 Å². The second kappa shape index (κ2) is 6.92. The topological polar surface area (TPSA) is 31.1 Å². The first-order chi connectivity index (χ1) is 12.6. The minimum atomic E-state index is -0.224. The lowest BCUT2D eigenvalue weighted by Gasteiger charge is -2.29. The van der Waals surface area contributed by atoms with Crippen LogP contribution in [0.25, 0.3) is 16.5 Å². The summed E-state index contributed by atoms with van der Waals surface area (Å²) in [5.74, 6) is -0.224. The zero-order valence-electron chi connectivity index (χ0n) is 14.6. The molecule has 0 unspecified atom stereocenters. The van der Waals surface area contributed by atoms with E-state index in [0.29, 0.717) is 16.4 Å². The van der Waals surface area contributed by atoms with E-state index in [0.717, 1.165) is 25.0 Å². The summed E-state index contributed by atoms with van der Waals surface area (Å²) >= 11 is 5.50. The molecule has 0 saturated heterocycles. The highest BCUT2D eigenvalue weighted by Crippen LogP contribution is 2.29. The number of thiocarbonyl (C=S) groups is 1. The number of aromatic amines is 1. The number of fused-ring (bicyclic) bond motifs is 1. The molecule has 3 nitrogen and oxygen atoms in total. The Labute approximate surface area is 157 Å². The number of aryl methyl sites for hydroxylation is 1. The fraction of sp³-hybridized carbons (Fsp3) is 0.190. The van der Waals surface area contributed by atoms with Crippen LogP contribution in [0.5, 0.6) is 0 Å². The van der Waals surface area contributed by atoms with Crippen molar-refractivity contribution in [3.05, 3.63) is 71.7 Å². The lowest BCUT2D eigenvalue weighted by atomic mass is 9.99. The van der Waals surface area contributed by atoms with E-state index in [4.69, 9.17) is 12.2 Å². The number of rotatable bonds is 2. The van der Waals surface area contributed by atoms with Gasteiger partial charge in [-0.2, -0.15) is 0 Å². The second-order valence-corrected chi connectivity index (χ2v) is 6.95. The molecule has 2 aromatic carbocycles. The Kier molecular flexibility index (Phi) is 4.47. The quantitative estimate of drug-likeness (QED) is 0.620. The number of aromatic nitrogens is 1. The standard InChI is InChI=1S/C21H20FN3S/c1-14-6-7-16(12-19(14)22)24-21(26)25-10-8-15(9-11-25)18-13-23-20-5-3-2-4-17(18)20/h2-8,12-13,23H,9-11H2,1H3,(H,24,26). The van der Waals surface area contributed by atoms with E-state index in [1.54, 1.807) is 13.0 Å². The van der Waals surface area contributed by atoms with Gasteiger partial charge in [0.15, 0.2) is 5.11 Å². The summed E-state index contributed by atoms with van der Waals surface area (Å²) in [5.41, 5.74) is 5.07. The number of H-pyrrole nitrogens is 1. The van der Waals surface area contributed by atoms with E-state index in [2.05, 4.69) is 45.7 Å². The molecule has 0 radical (unpaired) electrons. The van der Waals surface area contributed by atoms with E-state index in [-0.39, 0.29) is 5.82 Å². The molecule has 0 atom stereocenters. The van der Waals surface area contributed by atoms with Crippen LogP contribution in [-0.2, 0) is 0 Å². The Morgan fingerprint density at radius 2 is 2.08 bits per heavy atom. The molecule has 4 rings (SSSR count). The van der Waals surface area contributed by atoms with Crippen LogP contribution >= 0.6 is 12.2 Å². The minimum Gasteiger partial charge on any atom is -0.361 e. The number of nitrogens with zero attached hydrogens (tertiary/aromatic N) is 1. The molecule has 0 fully saturated rings. The van der Waals surface area contributed by atoms with Crippen LogP contribution in [0.1, 0.15) is 17.5 Å². The van der Waals surface area contributed by atoms with E-state index >= 15 is 0 Å². The lowest BCUT2D eigenvalue weighted by Crippen LogP contribution is -2.37. The van der Waals surface area contributed by atoms with Crippen molar-refractivity contribution in [3.8, 4) is 0 Å². The minimum absolute atomic E-state index is 0.224. The molecule has 3 aromatic rings. The normalized spacial score (nSPS) is 14.4. The summed E-state index contributed by atoms with van der Waals surface area (Å²) in [7, 11) is 0. The average Bonchev–Trinajstić information content (AvgIpc) is 3.09. The molecule has 26 heavy (non-hydrogen) atoms. The first-order valence-electron chi connectivity index (χ1n) is 8.69. The Balaban J connectivity index is 1.46. The van der Waals surface area contributed by atoms with Crippen LogP contribution in [-0.4, -0.2) is 28.1 Å². The number of nitrogens with one attached hydrogen (secondary N) is 2. The predicted octanol–water partition coefficient (Wildman–Crippen LogP) is 5.10. The zero-order chi connectivity index (χ0) is 18.1. The van der Waals surface area contributed by atoms with Gasteiger partial charge in [-0.3, -0.25) is 0 Å². The molecule has 0 aliphatic carbocycles. The highest BCUT2D eigenvalue weighted by Gasteiger charge is 2.17. The Hall–Kier alpha value is -2.66. The third-order valence-electron chi connectivity index (χ3n) is 4.85. The molecule has 1 aliphatic heterocycles. The van der Waals surface area contributed by atoms with Gasteiger partial charge in [0.25, 0.3) is 0 Å². The van der Waals surface area contributed by atoms with Gasteiger partial charge >= 0.3 is 0 Å². The molecule has 0 saturated carbocycles. The second-order valence-electron chi connectivity index (χ2n) is 6.57. The van der Waals surface area contributed by atoms with Crippen LogP contribution in [0, 0.1) is 12.7 Å². The van der Waals surface area contributed by atoms with Gasteiger partial charge in [0, 0.05) is 41.4 Å². The molecule has 1 aliphatic rings. The molecule has 2 N–H and O–H groups in total. The van der Waals surface area contributed by atoms with Gasteiger partial charge in [-0.15, -0.1) is 0 Å². The highest BCUT2D eigenvalue weighted by atomic mass is 32.1. The number of benzene rings is 2. The van der Waals surface area contributed by atoms with Crippen molar-refractivity contribution in [1.82, 2.24) is 9.88 Å². The van der Waals surface area contributed by atoms with E-state index in [1.165, 1.54) is 22.6 Å². The maximum absolute atomic E-state index is 13.7. The van der Waals surface area contributed by atoms with Crippen molar-refractivity contribution in [2.45, 2.75) is 13.3 Å². The largest absolute Gasteiger partial charge is 0.361 e. The van der Waals surface area contributed by atoms with Crippen molar-refractivity contribution < 1.29 is 4.39 Å². The average molecular weight is 365 g/mol. The van der Waals surface area contributed by atoms with E-state index < -0.39 is 0 Å². The summed E-state index contributed by atoms with van der Waals surface area (Å²) in [6.07, 6.45) is 5.23. The van der Waals surface area contributed by atoms with Crippen LogP contribution in [0.15, 0.2) is 54.7 Å². The van der Waals surface area contributed by atoms with E-state index in [9.17, 15) is 4.39 Å². The molecule has 0 amide bonds. The third-order valence-corrected chi connectivity index (χ3v) is 5.21. The van der Waals surface area contributed by atoms with Crippen LogP contribution in [0.2, 0.25) is 0 Å². The molecule has 1 aromatic heterocycles. The summed E-state index contributed by atoms with van der Waals surface area (Å²) in [4.78, 5) is 5.44. The van der Waals surface area contributed by atoms with Crippen LogP contribution in [0.4, 0.5) is 10.1 Å². The number of hydrogen-bond donors (Lipinski definition) is 2. The van der Waals surface area contributed by atoms with Gasteiger partial charge in [0.05, 0.1) is 0 Å². The summed E-state index contributed by atoms with van der Waals surface area (Å²) in [6.45, 7) is 3.33. The van der Waals surface area contributed by atoms with Gasteiger partial charge in [0.1, 0.15) is 5.82 Å². The smallest absolute Gasteiger partial charge is 0.173 e. The summed E-state index contributed by atoms with van der Waals surface area (Å²) in [5, 5.41) is 5.02. The third kappa shape index (κ3) is 3.22. The van der Waals surface area contributed by atoms with Crippen molar-refractivity contribution in [1.29, 1.82) is 0 Å². The molecule has 0 bridgehead atoms. The van der Waals surface area contributed by atoms with Gasteiger partial charge < -0.3 is 15.2 Å². The number of anilines is 1. The molecule has 0 spiro atoms. The van der Waals surface area contributed by atoms with Gasteiger partial charge in [-0.05, 0) is 54.9 Å².